The maximum atomic E-state index is 10.8. The minimum Gasteiger partial charge on any atom is -0.350 e. The van der Waals surface area contributed by atoms with E-state index in [2.05, 4.69) is 14.9 Å². The van der Waals surface area contributed by atoms with Crippen LogP contribution in [0.1, 0.15) is 22.3 Å². The van der Waals surface area contributed by atoms with Crippen LogP contribution in [0.25, 0.3) is 0 Å². The van der Waals surface area contributed by atoms with Gasteiger partial charge in [0.05, 0.1) is 27.8 Å². The summed E-state index contributed by atoms with van der Waals surface area (Å²) in [6.45, 7) is 2.27. The van der Waals surface area contributed by atoms with E-state index in [4.69, 9.17) is 4.99 Å². The minimum absolute atomic E-state index is 0.0486. The number of nitro benzene ring substituents is 2. The summed E-state index contributed by atoms with van der Waals surface area (Å²) in [5.74, 6) is 0.936. The molecule has 10 nitrogen and oxygen atoms in total. The quantitative estimate of drug-likeness (QED) is 0.143. The second-order valence-corrected chi connectivity index (χ2v) is 9.05. The molecule has 0 saturated carbocycles. The molecule has 40 heavy (non-hydrogen) atoms. The summed E-state index contributed by atoms with van der Waals surface area (Å²) >= 11 is 0. The topological polar surface area (TPSA) is 127 Å². The minimum atomic E-state index is -0.425. The van der Waals surface area contributed by atoms with E-state index in [1.807, 2.05) is 48.5 Å². The number of benzene rings is 4. The van der Waals surface area contributed by atoms with Gasteiger partial charge in [-0.25, -0.2) is 0 Å². The second kappa shape index (κ2) is 11.9. The van der Waals surface area contributed by atoms with Gasteiger partial charge in [0.2, 0.25) is 0 Å². The molecule has 5 rings (SSSR count). The molecule has 0 bridgehead atoms. The SMILES string of the molecule is O=[N+]([O-])c1ccc(C=Nc2ccc(CN3CCN=C3c3ccc(N=Cc4ccc([N+](=O)[O-])cc4)cc3)cc2)cc1. The molecule has 0 fully saturated rings. The third-order valence-corrected chi connectivity index (χ3v) is 6.30. The Labute approximate surface area is 230 Å². The zero-order chi connectivity index (χ0) is 27.9. The largest absolute Gasteiger partial charge is 0.350 e. The van der Waals surface area contributed by atoms with E-state index < -0.39 is 9.85 Å². The second-order valence-electron chi connectivity index (χ2n) is 9.05. The number of aliphatic imine (C=N–C) groups is 3. The number of nitrogens with zero attached hydrogens (tertiary/aromatic N) is 6. The van der Waals surface area contributed by atoms with Crippen molar-refractivity contribution in [3.63, 3.8) is 0 Å². The molecule has 0 spiro atoms. The molecule has 0 unspecified atom stereocenters. The van der Waals surface area contributed by atoms with Crippen LogP contribution in [0, 0.1) is 20.2 Å². The van der Waals surface area contributed by atoms with Crippen LogP contribution >= 0.6 is 0 Å². The van der Waals surface area contributed by atoms with Crippen molar-refractivity contribution in [2.75, 3.05) is 13.1 Å². The Bertz CT molecular complexity index is 1590. The molecule has 0 N–H and O–H groups in total. The van der Waals surface area contributed by atoms with E-state index in [1.54, 1.807) is 36.7 Å². The van der Waals surface area contributed by atoms with Gasteiger partial charge < -0.3 is 4.90 Å². The fraction of sp³-hybridized carbons (Fsp3) is 0.100. The highest BCUT2D eigenvalue weighted by Gasteiger charge is 2.18. The average molecular weight is 533 g/mol. The molecule has 0 amide bonds. The summed E-state index contributed by atoms with van der Waals surface area (Å²) in [5.41, 5.74) is 5.38. The van der Waals surface area contributed by atoms with E-state index in [0.29, 0.717) is 6.54 Å². The van der Waals surface area contributed by atoms with Crippen molar-refractivity contribution < 1.29 is 9.85 Å². The van der Waals surface area contributed by atoms with Crippen LogP contribution in [0.4, 0.5) is 22.7 Å². The predicted octanol–water partition coefficient (Wildman–Crippen LogP) is 6.27. The van der Waals surface area contributed by atoms with Crippen molar-refractivity contribution in [1.82, 2.24) is 4.90 Å². The molecule has 198 valence electrons. The van der Waals surface area contributed by atoms with Gasteiger partial charge in [-0.15, -0.1) is 0 Å². The van der Waals surface area contributed by atoms with E-state index in [1.165, 1.54) is 24.3 Å². The summed E-state index contributed by atoms with van der Waals surface area (Å²) in [7, 11) is 0. The first-order valence-electron chi connectivity index (χ1n) is 12.5. The zero-order valence-electron chi connectivity index (χ0n) is 21.3. The highest BCUT2D eigenvalue weighted by atomic mass is 16.6. The van der Waals surface area contributed by atoms with Gasteiger partial charge in [0.1, 0.15) is 5.84 Å². The summed E-state index contributed by atoms with van der Waals surface area (Å²) in [6, 6.07) is 28.3. The molecular formula is C30H24N6O4. The lowest BCUT2D eigenvalue weighted by Crippen LogP contribution is -2.27. The lowest BCUT2D eigenvalue weighted by molar-refractivity contribution is -0.385. The van der Waals surface area contributed by atoms with Gasteiger partial charge in [-0.1, -0.05) is 12.1 Å². The summed E-state index contributed by atoms with van der Waals surface area (Å²) < 4.78 is 0. The van der Waals surface area contributed by atoms with Crippen molar-refractivity contribution in [3.8, 4) is 0 Å². The van der Waals surface area contributed by atoms with Crippen molar-refractivity contribution in [2.45, 2.75) is 6.54 Å². The van der Waals surface area contributed by atoms with Gasteiger partial charge in [0.25, 0.3) is 11.4 Å². The first-order chi connectivity index (χ1) is 19.4. The summed E-state index contributed by atoms with van der Waals surface area (Å²) in [6.07, 6.45) is 3.36. The molecule has 4 aromatic rings. The van der Waals surface area contributed by atoms with Gasteiger partial charge in [0, 0.05) is 55.3 Å². The van der Waals surface area contributed by atoms with Gasteiger partial charge in [-0.3, -0.25) is 35.2 Å². The number of nitro groups is 2. The third kappa shape index (κ3) is 6.48. The van der Waals surface area contributed by atoms with Crippen molar-refractivity contribution >= 4 is 41.0 Å². The molecule has 10 heteroatoms. The molecule has 1 aliphatic heterocycles. The molecule has 0 aliphatic carbocycles. The van der Waals surface area contributed by atoms with Crippen molar-refractivity contribution in [2.24, 2.45) is 15.0 Å². The number of hydrogen-bond donors (Lipinski definition) is 0. The summed E-state index contributed by atoms with van der Waals surface area (Å²) in [4.78, 5) is 36.6. The monoisotopic (exact) mass is 532 g/mol. The van der Waals surface area contributed by atoms with Crippen LogP contribution in [0.5, 0.6) is 0 Å². The Kier molecular flexibility index (Phi) is 7.77. The molecule has 0 saturated heterocycles. The highest BCUT2D eigenvalue weighted by molar-refractivity contribution is 6.00. The Morgan fingerprint density at radius 2 is 1.18 bits per heavy atom. The maximum absolute atomic E-state index is 10.8. The van der Waals surface area contributed by atoms with Gasteiger partial charge in [-0.05, 0) is 77.4 Å². The Hall–Kier alpha value is -5.51. The first kappa shape index (κ1) is 26.1. The van der Waals surface area contributed by atoms with E-state index in [-0.39, 0.29) is 11.4 Å². The van der Waals surface area contributed by atoms with E-state index in [9.17, 15) is 20.2 Å². The average Bonchev–Trinajstić information content (AvgIpc) is 3.44. The van der Waals surface area contributed by atoms with Crippen LogP contribution in [-0.4, -0.2) is 46.1 Å². The Morgan fingerprint density at radius 1 is 0.700 bits per heavy atom. The van der Waals surface area contributed by atoms with Crippen molar-refractivity contribution in [1.29, 1.82) is 0 Å². The molecule has 4 aromatic carbocycles. The Morgan fingerprint density at radius 3 is 1.65 bits per heavy atom. The molecule has 0 atom stereocenters. The number of rotatable bonds is 9. The number of amidine groups is 1. The molecule has 0 aromatic heterocycles. The van der Waals surface area contributed by atoms with Crippen LogP contribution in [0.15, 0.2) is 112 Å². The van der Waals surface area contributed by atoms with E-state index >= 15 is 0 Å². The fourth-order valence-electron chi connectivity index (χ4n) is 4.18. The lowest BCUT2D eigenvalue weighted by atomic mass is 10.1. The predicted molar refractivity (Wildman–Crippen MR) is 155 cm³/mol. The first-order valence-corrected chi connectivity index (χ1v) is 12.5. The van der Waals surface area contributed by atoms with Crippen LogP contribution in [0.3, 0.4) is 0 Å². The standard InChI is InChI=1S/C30H24N6O4/c37-35(38)28-13-3-22(4-14-28)19-32-26-9-1-24(2-10-26)21-34-18-17-31-30(34)25-7-11-27(12-8-25)33-20-23-5-15-29(16-6-23)36(39)40/h1-16,19-20H,17-18,21H2. The Balaban J connectivity index is 1.19. The molecule has 0 radical (unpaired) electrons. The van der Waals surface area contributed by atoms with Gasteiger partial charge >= 0.3 is 0 Å². The number of non-ortho nitro benzene ring substituents is 2. The van der Waals surface area contributed by atoms with Gasteiger partial charge in [-0.2, -0.15) is 0 Å². The smallest absolute Gasteiger partial charge is 0.269 e. The van der Waals surface area contributed by atoms with Crippen LogP contribution in [-0.2, 0) is 6.54 Å². The van der Waals surface area contributed by atoms with Crippen molar-refractivity contribution in [3.05, 3.63) is 140 Å². The molecule has 1 aliphatic rings. The fourth-order valence-corrected chi connectivity index (χ4v) is 4.18. The van der Waals surface area contributed by atoms with Crippen LogP contribution in [0.2, 0.25) is 0 Å². The maximum Gasteiger partial charge on any atom is 0.269 e. The summed E-state index contributed by atoms with van der Waals surface area (Å²) in [5, 5.41) is 21.6. The lowest BCUT2D eigenvalue weighted by Gasteiger charge is -2.20. The van der Waals surface area contributed by atoms with E-state index in [0.717, 1.165) is 52.6 Å². The van der Waals surface area contributed by atoms with Gasteiger partial charge in [0.15, 0.2) is 0 Å². The molecule has 1 heterocycles. The molecular weight excluding hydrogens is 508 g/mol. The zero-order valence-corrected chi connectivity index (χ0v) is 21.3. The number of hydrogen-bond acceptors (Lipinski definition) is 8. The third-order valence-electron chi connectivity index (χ3n) is 6.30. The highest BCUT2D eigenvalue weighted by Crippen LogP contribution is 2.21. The normalized spacial score (nSPS) is 13.2. The van der Waals surface area contributed by atoms with Crippen LogP contribution < -0.4 is 0 Å².